The number of carbonyl (C=O) groups excluding carboxylic acids is 1. The van der Waals surface area contributed by atoms with Crippen molar-refractivity contribution in [2.45, 2.75) is 26.8 Å². The smallest absolute Gasteiger partial charge is 0.338 e. The number of methoxy groups -OCH3 is 1. The molecular formula is C37H33N3O9S. The molecule has 0 saturated carbocycles. The molecule has 13 heteroatoms. The third kappa shape index (κ3) is 6.54. The highest BCUT2D eigenvalue weighted by Crippen LogP contribution is 2.39. The maximum absolute atomic E-state index is 14.4. The van der Waals surface area contributed by atoms with Gasteiger partial charge in [-0.3, -0.25) is 19.5 Å². The maximum atomic E-state index is 14.4. The first-order chi connectivity index (χ1) is 24.3. The van der Waals surface area contributed by atoms with E-state index in [9.17, 15) is 19.7 Å². The molecule has 0 N–H and O–H groups in total. The molecule has 0 saturated heterocycles. The van der Waals surface area contributed by atoms with Crippen LogP contribution in [-0.4, -0.2) is 42.4 Å². The van der Waals surface area contributed by atoms with E-state index in [2.05, 4.69) is 0 Å². The Kier molecular flexibility index (Phi) is 9.95. The van der Waals surface area contributed by atoms with Crippen LogP contribution in [0.1, 0.15) is 43.7 Å². The van der Waals surface area contributed by atoms with Crippen molar-refractivity contribution in [2.75, 3.05) is 26.9 Å². The monoisotopic (exact) mass is 695 g/mol. The standard InChI is InChI=1S/C37H33N3O9S/c1-5-46-29-16-13-23(19-30(29)47-6-2)34-32(36(42)48-7-3)33(22-11-9-8-10-12-22)38-37-39(34)35(41)31(50-37)21-25-15-18-28(49-25)26-20-24(40(43)44)14-17-27(26)45-4/h8-21,34H,5-7H2,1-4H3/b31-21-/t34-/m0/s1. The predicted octanol–water partition coefficient (Wildman–Crippen LogP) is 5.91. The molecule has 0 aliphatic carbocycles. The number of non-ortho nitro benzene ring substituents is 1. The number of furan rings is 1. The lowest BCUT2D eigenvalue weighted by Crippen LogP contribution is -2.40. The van der Waals surface area contributed by atoms with E-state index in [-0.39, 0.29) is 22.4 Å². The van der Waals surface area contributed by atoms with Crippen LogP contribution in [0.4, 0.5) is 5.69 Å². The van der Waals surface area contributed by atoms with Crippen molar-refractivity contribution in [3.63, 3.8) is 0 Å². The third-order valence-electron chi connectivity index (χ3n) is 7.82. The van der Waals surface area contributed by atoms with Crippen LogP contribution in [0.25, 0.3) is 23.1 Å². The normalized spacial score (nSPS) is 14.2. The van der Waals surface area contributed by atoms with Gasteiger partial charge in [0.2, 0.25) is 0 Å². The van der Waals surface area contributed by atoms with Crippen LogP contribution < -0.4 is 29.1 Å². The average molecular weight is 696 g/mol. The summed E-state index contributed by atoms with van der Waals surface area (Å²) in [4.78, 5) is 44.4. The van der Waals surface area contributed by atoms with Gasteiger partial charge in [-0.15, -0.1) is 0 Å². The van der Waals surface area contributed by atoms with Gasteiger partial charge < -0.3 is 23.4 Å². The average Bonchev–Trinajstić information content (AvgIpc) is 3.72. The molecule has 2 aromatic heterocycles. The molecule has 5 aromatic rings. The Balaban J connectivity index is 1.56. The molecule has 3 heterocycles. The number of nitrogens with zero attached hydrogens (tertiary/aromatic N) is 3. The highest BCUT2D eigenvalue weighted by Gasteiger charge is 2.35. The van der Waals surface area contributed by atoms with Gasteiger partial charge in [0.15, 0.2) is 16.3 Å². The van der Waals surface area contributed by atoms with E-state index in [1.54, 1.807) is 43.3 Å². The van der Waals surface area contributed by atoms with Crippen LogP contribution in [0.2, 0.25) is 0 Å². The molecule has 1 aliphatic heterocycles. The number of esters is 1. The van der Waals surface area contributed by atoms with Crippen LogP contribution in [0, 0.1) is 10.1 Å². The fraction of sp³-hybridized carbons (Fsp3) is 0.216. The number of ether oxygens (including phenoxy) is 4. The van der Waals surface area contributed by atoms with Crippen molar-refractivity contribution in [3.8, 4) is 28.6 Å². The summed E-state index contributed by atoms with van der Waals surface area (Å²) < 4.78 is 30.5. The van der Waals surface area contributed by atoms with E-state index in [0.29, 0.717) is 69.2 Å². The number of nitro benzene ring substituents is 1. The molecule has 0 radical (unpaired) electrons. The van der Waals surface area contributed by atoms with E-state index in [1.807, 2.05) is 44.2 Å². The van der Waals surface area contributed by atoms with Crippen molar-refractivity contribution < 1.29 is 33.1 Å². The highest BCUT2D eigenvalue weighted by atomic mass is 32.1. The number of aromatic nitrogens is 1. The lowest BCUT2D eigenvalue weighted by atomic mass is 9.93. The molecule has 6 rings (SSSR count). The number of hydrogen-bond donors (Lipinski definition) is 0. The topological polar surface area (TPSA) is 145 Å². The summed E-state index contributed by atoms with van der Waals surface area (Å²) in [5.41, 5.74) is 1.69. The van der Waals surface area contributed by atoms with E-state index in [4.69, 9.17) is 28.4 Å². The summed E-state index contributed by atoms with van der Waals surface area (Å²) in [5, 5.41) is 11.4. The first-order valence-electron chi connectivity index (χ1n) is 15.9. The SMILES string of the molecule is CCOC(=O)C1=C(c2ccccc2)N=c2s/c(=C\c3ccc(-c4cc([N+](=O)[O-])ccc4OC)o3)c(=O)n2[C@H]1c1ccc(OCC)c(OCC)c1. The Morgan fingerprint density at radius 3 is 2.40 bits per heavy atom. The number of fused-ring (bicyclic) bond motifs is 1. The van der Waals surface area contributed by atoms with Gasteiger partial charge in [0.1, 0.15) is 17.3 Å². The number of thiazole rings is 1. The molecule has 12 nitrogen and oxygen atoms in total. The molecule has 0 unspecified atom stereocenters. The molecule has 0 spiro atoms. The molecule has 1 atom stereocenters. The molecule has 1 aliphatic rings. The van der Waals surface area contributed by atoms with Crippen LogP contribution >= 0.6 is 11.3 Å². The molecule has 256 valence electrons. The van der Waals surface area contributed by atoms with Crippen molar-refractivity contribution in [1.29, 1.82) is 0 Å². The summed E-state index contributed by atoms with van der Waals surface area (Å²) in [7, 11) is 1.46. The van der Waals surface area contributed by atoms with Gasteiger partial charge in [0.05, 0.1) is 59.3 Å². The Morgan fingerprint density at radius 1 is 0.960 bits per heavy atom. The zero-order chi connectivity index (χ0) is 35.4. The van der Waals surface area contributed by atoms with Gasteiger partial charge in [-0.2, -0.15) is 0 Å². The van der Waals surface area contributed by atoms with Gasteiger partial charge in [0, 0.05) is 23.8 Å². The summed E-state index contributed by atoms with van der Waals surface area (Å²) in [6.07, 6.45) is 1.58. The van der Waals surface area contributed by atoms with Crippen LogP contribution in [0.3, 0.4) is 0 Å². The van der Waals surface area contributed by atoms with Crippen molar-refractivity contribution in [1.82, 2.24) is 4.57 Å². The second kappa shape index (κ2) is 14.7. The minimum atomic E-state index is -0.932. The first kappa shape index (κ1) is 33.9. The van der Waals surface area contributed by atoms with Crippen LogP contribution in [0.5, 0.6) is 17.2 Å². The van der Waals surface area contributed by atoms with Crippen LogP contribution in [0.15, 0.2) is 98.6 Å². The van der Waals surface area contributed by atoms with E-state index in [1.165, 1.54) is 29.9 Å². The Labute approximate surface area is 290 Å². The van der Waals surface area contributed by atoms with Gasteiger partial charge in [0.25, 0.3) is 11.2 Å². The highest BCUT2D eigenvalue weighted by molar-refractivity contribution is 7.07. The Morgan fingerprint density at radius 2 is 1.70 bits per heavy atom. The number of hydrogen-bond acceptors (Lipinski definition) is 11. The lowest BCUT2D eigenvalue weighted by molar-refractivity contribution is -0.384. The van der Waals surface area contributed by atoms with Crippen LogP contribution in [-0.2, 0) is 9.53 Å². The minimum absolute atomic E-state index is 0.116. The number of rotatable bonds is 12. The molecular weight excluding hydrogens is 662 g/mol. The molecule has 3 aromatic carbocycles. The molecule has 50 heavy (non-hydrogen) atoms. The van der Waals surface area contributed by atoms with Crippen molar-refractivity contribution in [3.05, 3.63) is 131 Å². The van der Waals surface area contributed by atoms with E-state index < -0.39 is 22.5 Å². The first-order valence-corrected chi connectivity index (χ1v) is 16.7. The fourth-order valence-corrected chi connectivity index (χ4v) is 6.68. The second-order valence-electron chi connectivity index (χ2n) is 10.8. The number of carbonyl (C=O) groups is 1. The van der Waals surface area contributed by atoms with Gasteiger partial charge in [-0.05, 0) is 56.7 Å². The second-order valence-corrected chi connectivity index (χ2v) is 11.9. The Bertz CT molecular complexity index is 2290. The Hall–Kier alpha value is -5.95. The summed E-state index contributed by atoms with van der Waals surface area (Å²) in [6, 6.07) is 21.2. The molecule has 0 fully saturated rings. The van der Waals surface area contributed by atoms with Gasteiger partial charge in [-0.25, -0.2) is 9.79 Å². The number of benzene rings is 3. The number of nitro groups is 1. The summed E-state index contributed by atoms with van der Waals surface area (Å²) in [6.45, 7) is 6.36. The summed E-state index contributed by atoms with van der Waals surface area (Å²) >= 11 is 1.14. The third-order valence-corrected chi connectivity index (χ3v) is 8.80. The quantitative estimate of drug-likeness (QED) is 0.0884. The lowest BCUT2D eigenvalue weighted by Gasteiger charge is -2.26. The van der Waals surface area contributed by atoms with E-state index >= 15 is 0 Å². The minimum Gasteiger partial charge on any atom is -0.496 e. The van der Waals surface area contributed by atoms with Gasteiger partial charge >= 0.3 is 5.97 Å². The molecule has 0 amide bonds. The summed E-state index contributed by atoms with van der Waals surface area (Å²) in [5.74, 6) is 1.42. The van der Waals surface area contributed by atoms with Crippen molar-refractivity contribution >= 4 is 34.8 Å². The fourth-order valence-electron chi connectivity index (χ4n) is 5.70. The predicted molar refractivity (Wildman–Crippen MR) is 187 cm³/mol. The molecule has 0 bridgehead atoms. The van der Waals surface area contributed by atoms with Gasteiger partial charge in [-0.1, -0.05) is 47.7 Å². The van der Waals surface area contributed by atoms with Crippen molar-refractivity contribution in [2.24, 2.45) is 4.99 Å². The largest absolute Gasteiger partial charge is 0.496 e. The van der Waals surface area contributed by atoms with E-state index in [0.717, 1.165) is 11.3 Å². The maximum Gasteiger partial charge on any atom is 0.338 e. The zero-order valence-electron chi connectivity index (χ0n) is 27.7. The zero-order valence-corrected chi connectivity index (χ0v) is 28.5.